The molecule has 0 spiro atoms. The number of anilines is 1. The van der Waals surface area contributed by atoms with Crippen LogP contribution in [0.3, 0.4) is 0 Å². The Morgan fingerprint density at radius 1 is 1.30 bits per heavy atom. The van der Waals surface area contributed by atoms with Gasteiger partial charge in [0.1, 0.15) is 12.2 Å². The van der Waals surface area contributed by atoms with Gasteiger partial charge in [0.05, 0.1) is 6.54 Å². The van der Waals surface area contributed by atoms with Gasteiger partial charge in [-0.15, -0.1) is 0 Å². The van der Waals surface area contributed by atoms with E-state index in [1.165, 1.54) is 11.5 Å². The molecule has 168 valence electrons. The summed E-state index contributed by atoms with van der Waals surface area (Å²) >= 11 is 0. The molecule has 1 fully saturated rings. The van der Waals surface area contributed by atoms with E-state index in [1.54, 1.807) is 18.0 Å². The first-order valence-electron chi connectivity index (χ1n) is 10.5. The first-order chi connectivity index (χ1) is 14.1. The van der Waals surface area contributed by atoms with Gasteiger partial charge in [-0.1, -0.05) is 0 Å². The average molecular weight is 423 g/mol. The monoisotopic (exact) mass is 422 g/mol. The van der Waals surface area contributed by atoms with Gasteiger partial charge in [-0.05, 0) is 53.4 Å². The number of nitrogens with zero attached hydrogens (tertiary/aromatic N) is 3. The van der Waals surface area contributed by atoms with E-state index in [-0.39, 0.29) is 42.6 Å². The van der Waals surface area contributed by atoms with Crippen LogP contribution in [-0.2, 0) is 20.8 Å². The molecule has 9 heteroatoms. The molecule has 0 aromatic carbocycles. The van der Waals surface area contributed by atoms with E-state index >= 15 is 0 Å². The minimum Gasteiger partial charge on any atom is -0.464 e. The summed E-state index contributed by atoms with van der Waals surface area (Å²) in [6.07, 6.45) is 4.97. The maximum Gasteiger partial charge on any atom is 0.410 e. The molecule has 1 unspecified atom stereocenters. The highest BCUT2D eigenvalue weighted by molar-refractivity contribution is 5.68. The number of ether oxygens (including phenoxy) is 2. The van der Waals surface area contributed by atoms with Gasteiger partial charge >= 0.3 is 12.1 Å². The molecule has 1 saturated heterocycles. The van der Waals surface area contributed by atoms with Crippen LogP contribution in [0.15, 0.2) is 11.0 Å². The van der Waals surface area contributed by atoms with Gasteiger partial charge in [-0.25, -0.2) is 9.78 Å². The molecule has 30 heavy (non-hydrogen) atoms. The van der Waals surface area contributed by atoms with Crippen LogP contribution in [0, 0.1) is 6.92 Å². The predicted octanol–water partition coefficient (Wildman–Crippen LogP) is 2.71. The van der Waals surface area contributed by atoms with Gasteiger partial charge in [0, 0.05) is 37.9 Å². The van der Waals surface area contributed by atoms with Crippen LogP contribution in [0.5, 0.6) is 0 Å². The zero-order chi connectivity index (χ0) is 22.3. The van der Waals surface area contributed by atoms with Crippen molar-refractivity contribution in [1.82, 2.24) is 14.5 Å². The van der Waals surface area contributed by atoms with Crippen molar-refractivity contribution in [2.24, 2.45) is 0 Å². The predicted molar refractivity (Wildman–Crippen MR) is 114 cm³/mol. The number of carbonyl (C=O) groups is 2. The molecule has 0 radical (unpaired) electrons. The Bertz CT molecular complexity index is 800. The van der Waals surface area contributed by atoms with Gasteiger partial charge in [0.15, 0.2) is 5.82 Å². The molecule has 0 saturated carbocycles. The third-order valence-corrected chi connectivity index (χ3v) is 4.90. The van der Waals surface area contributed by atoms with Gasteiger partial charge in [-0.3, -0.25) is 9.59 Å². The summed E-state index contributed by atoms with van der Waals surface area (Å²) in [5, 5.41) is 3.10. The molecule has 1 N–H and O–H groups in total. The SMILES string of the molecule is CC(=O)OCCn1c(C)cnc(NCCC2CCCCN2C(=O)OC(C)(C)C)c1=O. The Kier molecular flexibility index (Phi) is 8.25. The number of aromatic nitrogens is 2. The maximum absolute atomic E-state index is 12.7. The van der Waals surface area contributed by atoms with E-state index in [4.69, 9.17) is 9.47 Å². The van der Waals surface area contributed by atoms with Crippen LogP contribution in [0.1, 0.15) is 59.1 Å². The lowest BCUT2D eigenvalue weighted by Gasteiger charge is -2.36. The number of aryl methyl sites for hydroxylation is 1. The standard InChI is InChI=1S/C21H34N4O5/c1-15-14-23-18(19(27)24(15)12-13-29-16(2)26)22-10-9-17-8-6-7-11-25(17)20(28)30-21(3,4)5/h14,17H,6-13H2,1-5H3,(H,22,23). The van der Waals surface area contributed by atoms with Gasteiger partial charge < -0.3 is 24.3 Å². The molecule has 2 rings (SSSR count). The van der Waals surface area contributed by atoms with Gasteiger partial charge in [0.25, 0.3) is 5.56 Å². The number of hydrogen-bond donors (Lipinski definition) is 1. The Labute approximate surface area is 177 Å². The summed E-state index contributed by atoms with van der Waals surface area (Å²) in [6, 6.07) is 0.0674. The van der Waals surface area contributed by atoms with Crippen molar-refractivity contribution in [3.05, 3.63) is 22.2 Å². The number of amides is 1. The minimum absolute atomic E-state index is 0.0674. The number of nitrogens with one attached hydrogen (secondary N) is 1. The van der Waals surface area contributed by atoms with Crippen LogP contribution in [0.4, 0.5) is 10.6 Å². The summed E-state index contributed by atoms with van der Waals surface area (Å²) in [7, 11) is 0. The number of esters is 1. The summed E-state index contributed by atoms with van der Waals surface area (Å²) in [6.45, 7) is 10.3. The summed E-state index contributed by atoms with van der Waals surface area (Å²) in [5.74, 6) is -0.127. The molecule has 9 nitrogen and oxygen atoms in total. The maximum atomic E-state index is 12.7. The summed E-state index contributed by atoms with van der Waals surface area (Å²) in [4.78, 5) is 42.2. The molecule has 1 amide bonds. The number of piperidine rings is 1. The smallest absolute Gasteiger partial charge is 0.410 e. The van der Waals surface area contributed by atoms with E-state index < -0.39 is 5.60 Å². The van der Waals surface area contributed by atoms with Gasteiger partial charge in [-0.2, -0.15) is 0 Å². The van der Waals surface area contributed by atoms with Crippen molar-refractivity contribution in [3.8, 4) is 0 Å². The van der Waals surface area contributed by atoms with Gasteiger partial charge in [0.2, 0.25) is 0 Å². The van der Waals surface area contributed by atoms with E-state index in [0.717, 1.165) is 19.3 Å². The molecule has 2 heterocycles. The lowest BCUT2D eigenvalue weighted by atomic mass is 10.00. The minimum atomic E-state index is -0.527. The summed E-state index contributed by atoms with van der Waals surface area (Å²) < 4.78 is 12.0. The quantitative estimate of drug-likeness (QED) is 0.674. The van der Waals surface area contributed by atoms with Crippen LogP contribution in [0.2, 0.25) is 0 Å². The molecule has 1 atom stereocenters. The second kappa shape index (κ2) is 10.4. The molecule has 1 aromatic rings. The topological polar surface area (TPSA) is 103 Å². The highest BCUT2D eigenvalue weighted by atomic mass is 16.6. The number of hydrogen-bond acceptors (Lipinski definition) is 7. The lowest BCUT2D eigenvalue weighted by Crippen LogP contribution is -2.46. The molecule has 0 aliphatic carbocycles. The van der Waals surface area contributed by atoms with Crippen molar-refractivity contribution in [1.29, 1.82) is 0 Å². The van der Waals surface area contributed by atoms with Crippen LogP contribution in [-0.4, -0.2) is 57.9 Å². The van der Waals surface area contributed by atoms with E-state index in [9.17, 15) is 14.4 Å². The number of likely N-dealkylation sites (tertiary alicyclic amines) is 1. The Morgan fingerprint density at radius 3 is 2.70 bits per heavy atom. The highest BCUT2D eigenvalue weighted by Gasteiger charge is 2.30. The summed E-state index contributed by atoms with van der Waals surface area (Å²) in [5.41, 5.74) is -0.0868. The second-order valence-electron chi connectivity index (χ2n) is 8.58. The molecule has 1 aromatic heterocycles. The van der Waals surface area contributed by atoms with Crippen LogP contribution in [0.25, 0.3) is 0 Å². The molecule has 1 aliphatic rings. The van der Waals surface area contributed by atoms with Crippen molar-refractivity contribution in [2.45, 2.75) is 78.5 Å². The van der Waals surface area contributed by atoms with Crippen molar-refractivity contribution < 1.29 is 19.1 Å². The largest absolute Gasteiger partial charge is 0.464 e. The number of rotatable bonds is 7. The number of carbonyl (C=O) groups excluding carboxylic acids is 2. The Morgan fingerprint density at radius 2 is 2.03 bits per heavy atom. The normalized spacial score (nSPS) is 16.8. The van der Waals surface area contributed by atoms with Crippen molar-refractivity contribution >= 4 is 17.9 Å². The van der Waals surface area contributed by atoms with Crippen LogP contribution < -0.4 is 10.9 Å². The molecule has 1 aliphatic heterocycles. The molecular formula is C21H34N4O5. The Hall–Kier alpha value is -2.58. The highest BCUT2D eigenvalue weighted by Crippen LogP contribution is 2.22. The lowest BCUT2D eigenvalue weighted by molar-refractivity contribution is -0.141. The fraction of sp³-hybridized carbons (Fsp3) is 0.714. The second-order valence-corrected chi connectivity index (χ2v) is 8.58. The first kappa shape index (κ1) is 23.7. The van der Waals surface area contributed by atoms with E-state index in [2.05, 4.69) is 10.3 Å². The third kappa shape index (κ3) is 7.03. The fourth-order valence-corrected chi connectivity index (χ4v) is 3.47. The average Bonchev–Trinajstić information content (AvgIpc) is 2.65. The molecule has 0 bridgehead atoms. The zero-order valence-corrected chi connectivity index (χ0v) is 18.7. The Balaban J connectivity index is 1.97. The first-order valence-corrected chi connectivity index (χ1v) is 10.5. The third-order valence-electron chi connectivity index (χ3n) is 4.90. The van der Waals surface area contributed by atoms with Crippen molar-refractivity contribution in [3.63, 3.8) is 0 Å². The van der Waals surface area contributed by atoms with Crippen molar-refractivity contribution in [2.75, 3.05) is 25.0 Å². The fourth-order valence-electron chi connectivity index (χ4n) is 3.47. The zero-order valence-electron chi connectivity index (χ0n) is 18.7. The van der Waals surface area contributed by atoms with Crippen LogP contribution >= 0.6 is 0 Å². The van der Waals surface area contributed by atoms with E-state index in [0.29, 0.717) is 25.2 Å². The molecular weight excluding hydrogens is 388 g/mol. The van der Waals surface area contributed by atoms with E-state index in [1.807, 2.05) is 20.8 Å².